The summed E-state index contributed by atoms with van der Waals surface area (Å²) in [6, 6.07) is 8.27. The molecule has 25 heavy (non-hydrogen) atoms. The molecule has 0 saturated carbocycles. The van der Waals surface area contributed by atoms with Crippen LogP contribution < -0.4 is 10.1 Å². The number of hydrogen-bond donors (Lipinski definition) is 1. The Bertz CT molecular complexity index is 522. The molecular weight excluding hydrogens is 314 g/mol. The van der Waals surface area contributed by atoms with Crippen molar-refractivity contribution in [1.82, 2.24) is 15.1 Å². The highest BCUT2D eigenvalue weighted by Crippen LogP contribution is 2.13. The third kappa shape index (κ3) is 6.33. The van der Waals surface area contributed by atoms with Gasteiger partial charge in [0.1, 0.15) is 5.75 Å². The fourth-order valence-corrected chi connectivity index (χ4v) is 3.07. The molecule has 1 atom stereocenters. The number of carbonyl (C=O) groups excluding carboxylic acids is 1. The van der Waals surface area contributed by atoms with Crippen LogP contribution in [0.15, 0.2) is 24.3 Å². The van der Waals surface area contributed by atoms with Gasteiger partial charge in [-0.15, -0.1) is 0 Å². The van der Waals surface area contributed by atoms with Gasteiger partial charge in [-0.2, -0.15) is 0 Å². The zero-order valence-corrected chi connectivity index (χ0v) is 16.1. The summed E-state index contributed by atoms with van der Waals surface area (Å²) in [7, 11) is 1.69. The summed E-state index contributed by atoms with van der Waals surface area (Å²) in [4.78, 5) is 17.0. The summed E-state index contributed by atoms with van der Waals surface area (Å²) in [5, 5.41) is 3.04. The number of rotatable bonds is 8. The number of piperazine rings is 1. The molecule has 1 saturated heterocycles. The fraction of sp³-hybridized carbons (Fsp3) is 0.650. The highest BCUT2D eigenvalue weighted by Gasteiger charge is 2.25. The van der Waals surface area contributed by atoms with Gasteiger partial charge in [-0.05, 0) is 37.0 Å². The largest absolute Gasteiger partial charge is 0.497 e. The van der Waals surface area contributed by atoms with Gasteiger partial charge >= 0.3 is 0 Å². The van der Waals surface area contributed by atoms with E-state index in [0.29, 0.717) is 5.92 Å². The van der Waals surface area contributed by atoms with Crippen LogP contribution in [0.25, 0.3) is 0 Å². The van der Waals surface area contributed by atoms with Crippen molar-refractivity contribution in [3.05, 3.63) is 29.8 Å². The Morgan fingerprint density at radius 2 is 1.76 bits per heavy atom. The average Bonchev–Trinajstić information content (AvgIpc) is 2.64. The van der Waals surface area contributed by atoms with Crippen LogP contribution >= 0.6 is 0 Å². The highest BCUT2D eigenvalue weighted by atomic mass is 16.5. The van der Waals surface area contributed by atoms with Crippen molar-refractivity contribution in [1.29, 1.82) is 0 Å². The molecule has 1 heterocycles. The Kier molecular flexibility index (Phi) is 7.72. The molecule has 5 heteroatoms. The first-order chi connectivity index (χ1) is 12.0. The Hall–Kier alpha value is -1.59. The van der Waals surface area contributed by atoms with Crippen molar-refractivity contribution >= 4 is 5.91 Å². The van der Waals surface area contributed by atoms with Gasteiger partial charge in [0.25, 0.3) is 0 Å². The maximum Gasteiger partial charge on any atom is 0.237 e. The quantitative estimate of drug-likeness (QED) is 0.781. The highest BCUT2D eigenvalue weighted by molar-refractivity contribution is 5.81. The van der Waals surface area contributed by atoms with Crippen molar-refractivity contribution in [3.63, 3.8) is 0 Å². The minimum Gasteiger partial charge on any atom is -0.497 e. The summed E-state index contributed by atoms with van der Waals surface area (Å²) < 4.78 is 5.20. The van der Waals surface area contributed by atoms with Gasteiger partial charge in [0.05, 0.1) is 13.2 Å². The predicted octanol–water partition coefficient (Wildman–Crippen LogP) is 2.02. The molecule has 140 valence electrons. The van der Waals surface area contributed by atoms with Crippen molar-refractivity contribution in [2.45, 2.75) is 33.2 Å². The molecule has 1 N–H and O–H groups in total. The predicted molar refractivity (Wildman–Crippen MR) is 102 cm³/mol. The summed E-state index contributed by atoms with van der Waals surface area (Å²) >= 11 is 0. The molecule has 0 aromatic heterocycles. The molecule has 0 spiro atoms. The van der Waals surface area contributed by atoms with E-state index >= 15 is 0 Å². The maximum absolute atomic E-state index is 12.2. The van der Waals surface area contributed by atoms with E-state index in [-0.39, 0.29) is 11.9 Å². The molecule has 0 aliphatic carbocycles. The van der Waals surface area contributed by atoms with Gasteiger partial charge in [0, 0.05) is 39.3 Å². The van der Waals surface area contributed by atoms with E-state index < -0.39 is 0 Å². The van der Waals surface area contributed by atoms with Gasteiger partial charge in [-0.1, -0.05) is 26.0 Å². The van der Waals surface area contributed by atoms with Crippen LogP contribution in [0.4, 0.5) is 0 Å². The second-order valence-electron chi connectivity index (χ2n) is 7.29. The number of carbonyl (C=O) groups is 1. The maximum atomic E-state index is 12.2. The van der Waals surface area contributed by atoms with Gasteiger partial charge in [0.2, 0.25) is 5.91 Å². The number of methoxy groups -OCH3 is 1. The molecule has 1 aliphatic heterocycles. The van der Waals surface area contributed by atoms with Crippen molar-refractivity contribution in [2.75, 3.05) is 46.4 Å². The second-order valence-corrected chi connectivity index (χ2v) is 7.29. The van der Waals surface area contributed by atoms with Gasteiger partial charge in [-0.25, -0.2) is 0 Å². The zero-order valence-electron chi connectivity index (χ0n) is 16.1. The van der Waals surface area contributed by atoms with Gasteiger partial charge < -0.3 is 15.0 Å². The van der Waals surface area contributed by atoms with Gasteiger partial charge in [-0.3, -0.25) is 9.69 Å². The summed E-state index contributed by atoms with van der Waals surface area (Å²) in [6.45, 7) is 12.0. The van der Waals surface area contributed by atoms with Crippen LogP contribution in [0.1, 0.15) is 26.3 Å². The van der Waals surface area contributed by atoms with Crippen LogP contribution in [0, 0.1) is 5.92 Å². The average molecular weight is 348 g/mol. The lowest BCUT2D eigenvalue weighted by atomic mass is 10.1. The normalized spacial score (nSPS) is 17.5. The molecule has 1 aromatic carbocycles. The minimum atomic E-state index is -0.0394. The van der Waals surface area contributed by atoms with E-state index in [4.69, 9.17) is 4.74 Å². The minimum absolute atomic E-state index is 0.0394. The first-order valence-electron chi connectivity index (χ1n) is 9.36. The monoisotopic (exact) mass is 347 g/mol. The standard InChI is InChI=1S/C20H33N3O2/c1-16(2)15-21-20(24)17(3)23-13-11-22(12-14-23)10-9-18-5-7-19(25-4)8-6-18/h5-8,16-17H,9-15H2,1-4H3,(H,21,24). The van der Waals surface area contributed by atoms with Crippen molar-refractivity contribution < 1.29 is 9.53 Å². The smallest absolute Gasteiger partial charge is 0.237 e. The molecule has 1 fully saturated rings. The Morgan fingerprint density at radius 3 is 2.32 bits per heavy atom. The molecule has 1 amide bonds. The van der Waals surface area contributed by atoms with Crippen LogP contribution in [0.5, 0.6) is 5.75 Å². The Morgan fingerprint density at radius 1 is 1.12 bits per heavy atom. The lowest BCUT2D eigenvalue weighted by molar-refractivity contribution is -0.126. The molecule has 1 unspecified atom stereocenters. The number of nitrogens with one attached hydrogen (secondary N) is 1. The van der Waals surface area contributed by atoms with Crippen molar-refractivity contribution in [3.8, 4) is 5.75 Å². The van der Waals surface area contributed by atoms with Crippen LogP contribution in [0.3, 0.4) is 0 Å². The third-order valence-corrected chi connectivity index (χ3v) is 4.89. The molecular formula is C20H33N3O2. The Labute approximate surface area is 152 Å². The number of amides is 1. The zero-order chi connectivity index (χ0) is 18.2. The number of ether oxygens (including phenoxy) is 1. The molecule has 1 aliphatic rings. The summed E-state index contributed by atoms with van der Waals surface area (Å²) in [5.41, 5.74) is 1.34. The molecule has 5 nitrogen and oxygen atoms in total. The van der Waals surface area contributed by atoms with Crippen LogP contribution in [-0.2, 0) is 11.2 Å². The third-order valence-electron chi connectivity index (χ3n) is 4.89. The van der Waals surface area contributed by atoms with Crippen LogP contribution in [-0.4, -0.2) is 68.1 Å². The number of hydrogen-bond acceptors (Lipinski definition) is 4. The molecule has 0 bridgehead atoms. The lowest BCUT2D eigenvalue weighted by Crippen LogP contribution is -2.54. The Balaban J connectivity index is 1.70. The number of benzene rings is 1. The SMILES string of the molecule is COc1ccc(CCN2CCN(C(C)C(=O)NCC(C)C)CC2)cc1. The van der Waals surface area contributed by atoms with E-state index in [2.05, 4.69) is 41.1 Å². The molecule has 1 aromatic rings. The second kappa shape index (κ2) is 9.78. The summed E-state index contributed by atoms with van der Waals surface area (Å²) in [5.74, 6) is 1.55. The first-order valence-corrected chi connectivity index (χ1v) is 9.36. The van der Waals surface area contributed by atoms with E-state index in [1.807, 2.05) is 19.1 Å². The summed E-state index contributed by atoms with van der Waals surface area (Å²) in [6.07, 6.45) is 1.05. The van der Waals surface area contributed by atoms with Crippen LogP contribution in [0.2, 0.25) is 0 Å². The van der Waals surface area contributed by atoms with E-state index in [9.17, 15) is 4.79 Å². The van der Waals surface area contributed by atoms with E-state index in [1.54, 1.807) is 7.11 Å². The van der Waals surface area contributed by atoms with Crippen molar-refractivity contribution in [2.24, 2.45) is 5.92 Å². The first kappa shape index (κ1) is 19.7. The number of nitrogens with zero attached hydrogens (tertiary/aromatic N) is 2. The molecule has 0 radical (unpaired) electrons. The molecule has 2 rings (SSSR count). The topological polar surface area (TPSA) is 44.8 Å². The van der Waals surface area contributed by atoms with Gasteiger partial charge in [0.15, 0.2) is 0 Å². The van der Waals surface area contributed by atoms with E-state index in [1.165, 1.54) is 5.56 Å². The van der Waals surface area contributed by atoms with E-state index in [0.717, 1.165) is 51.4 Å². The fourth-order valence-electron chi connectivity index (χ4n) is 3.07. The lowest BCUT2D eigenvalue weighted by Gasteiger charge is -2.37.